The minimum Gasteiger partial charge on any atom is -0.387 e. The van der Waals surface area contributed by atoms with Crippen molar-refractivity contribution in [2.45, 2.75) is 18.7 Å². The lowest BCUT2D eigenvalue weighted by atomic mass is 9.72. The molecule has 0 aromatic rings. The Labute approximate surface area is 48.7 Å². The van der Waals surface area contributed by atoms with Crippen molar-refractivity contribution in [3.8, 4) is 0 Å². The van der Waals surface area contributed by atoms with E-state index in [4.69, 9.17) is 21.7 Å². The summed E-state index contributed by atoms with van der Waals surface area (Å²) >= 11 is 0. The third-order valence-corrected chi connectivity index (χ3v) is 0.758. The van der Waals surface area contributed by atoms with Gasteiger partial charge in [0, 0.05) is 0 Å². The van der Waals surface area contributed by atoms with Crippen molar-refractivity contribution in [1.29, 1.82) is 0 Å². The summed E-state index contributed by atoms with van der Waals surface area (Å²) in [6, 6.07) is 0. The fraction of sp³-hybridized carbons (Fsp3) is 1.00. The molecule has 0 radical (unpaired) electrons. The number of aliphatic hydroxyl groups excluding tert-OH is 2. The van der Waals surface area contributed by atoms with Gasteiger partial charge in [-0.1, -0.05) is 0 Å². The predicted octanol–water partition coefficient (Wildman–Crippen LogP) is -2.65. The smallest absolute Gasteiger partial charge is 0.179 e. The molecule has 6 N–H and O–H groups in total. The maximum atomic E-state index is 8.41. The Morgan fingerprint density at radius 1 is 1.38 bits per heavy atom. The lowest BCUT2D eigenvalue weighted by molar-refractivity contribution is 0.197. The Bertz CT molecular complexity index is 51.2. The van der Waals surface area contributed by atoms with Gasteiger partial charge in [-0.2, -0.15) is 0 Å². The number of aliphatic hydroxyl groups is 2. The van der Waals surface area contributed by atoms with Crippen LogP contribution in [0.5, 0.6) is 0 Å². The molecule has 48 valence electrons. The van der Waals surface area contributed by atoms with Gasteiger partial charge in [-0.3, -0.25) is 0 Å². The van der Waals surface area contributed by atoms with Gasteiger partial charge in [-0.15, -0.1) is 0 Å². The Balaban J connectivity index is 2.93. The van der Waals surface area contributed by atoms with Crippen molar-refractivity contribution in [2.75, 3.05) is 0 Å². The molecule has 0 saturated heterocycles. The summed E-state index contributed by atoms with van der Waals surface area (Å²) in [6.07, 6.45) is -1.36. The first-order valence-electron chi connectivity index (χ1n) is 2.50. The zero-order valence-corrected chi connectivity index (χ0v) is 4.62. The van der Waals surface area contributed by atoms with E-state index in [9.17, 15) is 0 Å². The molecule has 5 heteroatoms. The molecule has 0 bridgehead atoms. The Morgan fingerprint density at radius 3 is 2.00 bits per heavy atom. The third kappa shape index (κ3) is 5.90. The molecule has 0 spiro atoms. The molecule has 0 saturated carbocycles. The highest BCUT2D eigenvalue weighted by Gasteiger charge is 2.01. The van der Waals surface area contributed by atoms with Gasteiger partial charge >= 0.3 is 0 Å². The van der Waals surface area contributed by atoms with Crippen molar-refractivity contribution in [1.82, 2.24) is 0 Å². The molecule has 0 aromatic carbocycles. The van der Waals surface area contributed by atoms with E-state index < -0.39 is 12.4 Å². The molecule has 0 aliphatic rings. The van der Waals surface area contributed by atoms with Gasteiger partial charge in [-0.05, 0) is 6.32 Å². The van der Waals surface area contributed by atoms with E-state index in [0.717, 1.165) is 0 Å². The van der Waals surface area contributed by atoms with E-state index in [1.54, 1.807) is 0 Å². The molecular weight excluding hydrogens is 107 g/mol. The average molecular weight is 118 g/mol. The first-order valence-corrected chi connectivity index (χ1v) is 2.50. The molecule has 2 unspecified atom stereocenters. The van der Waals surface area contributed by atoms with Crippen LogP contribution < -0.4 is 11.5 Å². The zero-order chi connectivity index (χ0) is 6.57. The van der Waals surface area contributed by atoms with E-state index >= 15 is 0 Å². The Morgan fingerprint density at radius 2 is 1.88 bits per heavy atom. The van der Waals surface area contributed by atoms with Gasteiger partial charge in [0.15, 0.2) is 7.28 Å². The summed E-state index contributed by atoms with van der Waals surface area (Å²) in [6.45, 7) is 0. The van der Waals surface area contributed by atoms with Gasteiger partial charge in [0.05, 0.1) is 12.4 Å². The molecule has 0 aromatic heterocycles. The van der Waals surface area contributed by atoms with Crippen LogP contribution in [0.2, 0.25) is 6.32 Å². The fourth-order valence-electron chi connectivity index (χ4n) is 0.342. The topological polar surface area (TPSA) is 92.5 Å². The molecule has 0 aliphatic heterocycles. The maximum Gasteiger partial charge on any atom is 0.179 e. The molecule has 0 heterocycles. The molecule has 4 nitrogen and oxygen atoms in total. The van der Waals surface area contributed by atoms with E-state index in [1.807, 2.05) is 0 Å². The zero-order valence-electron chi connectivity index (χ0n) is 4.62. The van der Waals surface area contributed by atoms with Crippen LogP contribution in [-0.4, -0.2) is 29.8 Å². The lowest BCUT2D eigenvalue weighted by Gasteiger charge is -2.02. The molecule has 0 amide bonds. The molecule has 2 atom stereocenters. The second-order valence-electron chi connectivity index (χ2n) is 1.71. The number of rotatable bonds is 3. The first kappa shape index (κ1) is 7.90. The third-order valence-electron chi connectivity index (χ3n) is 0.758. The largest absolute Gasteiger partial charge is 0.387 e. The predicted molar refractivity (Wildman–Crippen MR) is 32.3 cm³/mol. The molecule has 0 fully saturated rings. The second-order valence-corrected chi connectivity index (χ2v) is 1.71. The van der Waals surface area contributed by atoms with Crippen LogP contribution in [-0.2, 0) is 0 Å². The van der Waals surface area contributed by atoms with Crippen LogP contribution in [0.1, 0.15) is 0 Å². The van der Waals surface area contributed by atoms with Gasteiger partial charge in [0.2, 0.25) is 0 Å². The van der Waals surface area contributed by atoms with Crippen LogP contribution in [0.4, 0.5) is 0 Å². The minimum atomic E-state index is -0.854. The van der Waals surface area contributed by atoms with Crippen LogP contribution in [0, 0.1) is 0 Å². The van der Waals surface area contributed by atoms with Crippen LogP contribution >= 0.6 is 0 Å². The average Bonchev–Trinajstić information content (AvgIpc) is 1.61. The van der Waals surface area contributed by atoms with Gasteiger partial charge in [0.25, 0.3) is 0 Å². The summed E-state index contributed by atoms with van der Waals surface area (Å²) in [5, 5.41) is 16.8. The molecular formula is C3H11BN2O2. The quantitative estimate of drug-likeness (QED) is 0.240. The highest BCUT2D eigenvalue weighted by atomic mass is 16.3. The van der Waals surface area contributed by atoms with Gasteiger partial charge < -0.3 is 21.7 Å². The van der Waals surface area contributed by atoms with Crippen molar-refractivity contribution in [3.05, 3.63) is 0 Å². The molecule has 0 rings (SSSR count). The van der Waals surface area contributed by atoms with Crippen LogP contribution in [0.15, 0.2) is 0 Å². The second kappa shape index (κ2) is 3.85. The van der Waals surface area contributed by atoms with Crippen molar-refractivity contribution >= 4 is 7.28 Å². The van der Waals surface area contributed by atoms with Gasteiger partial charge in [0.1, 0.15) is 0 Å². The summed E-state index contributed by atoms with van der Waals surface area (Å²) < 4.78 is 0. The van der Waals surface area contributed by atoms with E-state index in [0.29, 0.717) is 13.6 Å². The maximum absolute atomic E-state index is 8.41. The Kier molecular flexibility index (Phi) is 3.81. The highest BCUT2D eigenvalue weighted by Crippen LogP contribution is 1.81. The van der Waals surface area contributed by atoms with Gasteiger partial charge in [-0.25, -0.2) is 0 Å². The normalized spacial score (nSPS) is 17.5. The number of hydrogen-bond donors (Lipinski definition) is 4. The highest BCUT2D eigenvalue weighted by molar-refractivity contribution is 6.36. The lowest BCUT2D eigenvalue weighted by Crippen LogP contribution is -2.31. The Hall–Kier alpha value is -0.0951. The monoisotopic (exact) mass is 118 g/mol. The molecule has 8 heavy (non-hydrogen) atoms. The summed E-state index contributed by atoms with van der Waals surface area (Å²) in [5.74, 6) is 0. The van der Waals surface area contributed by atoms with Crippen LogP contribution in [0.25, 0.3) is 0 Å². The number of nitrogens with two attached hydrogens (primary N) is 2. The standard InChI is InChI=1S/C3H11BN2O2/c5-2(7)1-4-3(6)8/h2-4,7-8H,1,5-6H2. The van der Waals surface area contributed by atoms with Crippen molar-refractivity contribution in [3.63, 3.8) is 0 Å². The van der Waals surface area contributed by atoms with E-state index in [1.165, 1.54) is 0 Å². The fourth-order valence-corrected chi connectivity index (χ4v) is 0.342. The summed E-state index contributed by atoms with van der Waals surface area (Å²) in [5.41, 5.74) is 9.86. The van der Waals surface area contributed by atoms with E-state index in [2.05, 4.69) is 0 Å². The number of hydrogen-bond acceptors (Lipinski definition) is 4. The van der Waals surface area contributed by atoms with Crippen LogP contribution in [0.3, 0.4) is 0 Å². The minimum absolute atomic E-state index is 0.345. The summed E-state index contributed by atoms with van der Waals surface area (Å²) in [4.78, 5) is 0. The van der Waals surface area contributed by atoms with E-state index in [-0.39, 0.29) is 0 Å². The first-order chi connectivity index (χ1) is 3.63. The van der Waals surface area contributed by atoms with Crippen molar-refractivity contribution in [2.24, 2.45) is 11.5 Å². The van der Waals surface area contributed by atoms with Crippen molar-refractivity contribution < 1.29 is 10.2 Å². The summed E-state index contributed by atoms with van der Waals surface area (Å²) in [7, 11) is 0.345. The SMILES string of the molecule is NC(O)BCC(N)O. The molecule has 0 aliphatic carbocycles.